The van der Waals surface area contributed by atoms with E-state index in [0.717, 1.165) is 0 Å². The lowest BCUT2D eigenvalue weighted by Gasteiger charge is -2.37. The molecule has 0 aliphatic carbocycles. The van der Waals surface area contributed by atoms with Crippen LogP contribution in [0.5, 0.6) is 11.5 Å². The topological polar surface area (TPSA) is 75.7 Å². The molecule has 0 aliphatic heterocycles. The minimum Gasteiger partial charge on any atom is -0.506 e. The molecule has 0 saturated heterocycles. The standard InChI is InChI=1S/C12H19NO3/c1-11(2,15)12(3,4)16-8-5-6-10(14)9(13)7-8/h5-7,14-15H,13H2,1-4H3. The lowest BCUT2D eigenvalue weighted by atomic mass is 9.89. The molecule has 4 heteroatoms. The predicted molar refractivity (Wildman–Crippen MR) is 63.5 cm³/mol. The lowest BCUT2D eigenvalue weighted by Crippen LogP contribution is -2.49. The Hall–Kier alpha value is -1.42. The fourth-order valence-electron chi connectivity index (χ4n) is 1.02. The highest BCUT2D eigenvalue weighted by Gasteiger charge is 2.37. The minimum atomic E-state index is -0.986. The van der Waals surface area contributed by atoms with Gasteiger partial charge in [0.25, 0.3) is 0 Å². The number of hydrogen-bond acceptors (Lipinski definition) is 4. The van der Waals surface area contributed by atoms with Crippen molar-refractivity contribution in [3.63, 3.8) is 0 Å². The second-order valence-corrected chi connectivity index (χ2v) is 4.89. The first kappa shape index (κ1) is 12.6. The predicted octanol–water partition coefficient (Wildman–Crippen LogP) is 1.90. The van der Waals surface area contributed by atoms with E-state index < -0.39 is 11.2 Å². The van der Waals surface area contributed by atoms with Crippen LogP contribution in [0, 0.1) is 0 Å². The van der Waals surface area contributed by atoms with Crippen LogP contribution >= 0.6 is 0 Å². The summed E-state index contributed by atoms with van der Waals surface area (Å²) in [6, 6.07) is 4.60. The highest BCUT2D eigenvalue weighted by atomic mass is 16.5. The molecule has 0 bridgehead atoms. The number of anilines is 1. The largest absolute Gasteiger partial charge is 0.506 e. The van der Waals surface area contributed by atoms with Gasteiger partial charge in [-0.2, -0.15) is 0 Å². The quantitative estimate of drug-likeness (QED) is 0.542. The summed E-state index contributed by atoms with van der Waals surface area (Å²) in [5, 5.41) is 19.2. The summed E-state index contributed by atoms with van der Waals surface area (Å²) in [7, 11) is 0. The number of phenols is 1. The van der Waals surface area contributed by atoms with Gasteiger partial charge in [0.1, 0.15) is 17.1 Å². The lowest BCUT2D eigenvalue weighted by molar-refractivity contribution is -0.0906. The number of nitrogen functional groups attached to an aromatic ring is 1. The number of phenolic OH excluding ortho intramolecular Hbond substituents is 1. The van der Waals surface area contributed by atoms with Gasteiger partial charge in [-0.1, -0.05) is 0 Å². The fourth-order valence-corrected chi connectivity index (χ4v) is 1.02. The highest BCUT2D eigenvalue weighted by Crippen LogP contribution is 2.31. The zero-order valence-corrected chi connectivity index (χ0v) is 10.1. The normalized spacial score (nSPS) is 12.6. The summed E-state index contributed by atoms with van der Waals surface area (Å²) in [6.45, 7) is 6.93. The highest BCUT2D eigenvalue weighted by molar-refractivity contribution is 5.55. The molecule has 0 heterocycles. The Morgan fingerprint density at radius 1 is 1.19 bits per heavy atom. The number of hydrogen-bond donors (Lipinski definition) is 3. The van der Waals surface area contributed by atoms with Gasteiger partial charge in [-0.15, -0.1) is 0 Å². The Morgan fingerprint density at radius 2 is 1.75 bits per heavy atom. The average Bonchev–Trinajstić information content (AvgIpc) is 2.09. The molecular weight excluding hydrogens is 206 g/mol. The van der Waals surface area contributed by atoms with E-state index >= 15 is 0 Å². The molecule has 0 atom stereocenters. The van der Waals surface area contributed by atoms with Crippen molar-refractivity contribution in [2.75, 3.05) is 5.73 Å². The third kappa shape index (κ3) is 2.58. The Labute approximate surface area is 95.7 Å². The summed E-state index contributed by atoms with van der Waals surface area (Å²) >= 11 is 0. The van der Waals surface area contributed by atoms with Crippen LogP contribution < -0.4 is 10.5 Å². The van der Waals surface area contributed by atoms with Crippen molar-refractivity contribution in [1.29, 1.82) is 0 Å². The zero-order chi connectivity index (χ0) is 12.6. The first-order valence-corrected chi connectivity index (χ1v) is 5.13. The SMILES string of the molecule is CC(C)(O)C(C)(C)Oc1ccc(O)c(N)c1. The van der Waals surface area contributed by atoms with Gasteiger partial charge in [0.2, 0.25) is 0 Å². The molecule has 0 aromatic heterocycles. The van der Waals surface area contributed by atoms with E-state index in [-0.39, 0.29) is 11.4 Å². The molecule has 1 aromatic rings. The molecule has 0 aliphatic rings. The van der Waals surface area contributed by atoms with Crippen molar-refractivity contribution in [3.05, 3.63) is 18.2 Å². The minimum absolute atomic E-state index is 0.0217. The zero-order valence-electron chi connectivity index (χ0n) is 10.1. The van der Waals surface area contributed by atoms with Gasteiger partial charge in [0, 0.05) is 6.07 Å². The van der Waals surface area contributed by atoms with Gasteiger partial charge >= 0.3 is 0 Å². The van der Waals surface area contributed by atoms with E-state index in [9.17, 15) is 10.2 Å². The monoisotopic (exact) mass is 225 g/mol. The van der Waals surface area contributed by atoms with Gasteiger partial charge in [0.15, 0.2) is 0 Å². The van der Waals surface area contributed by atoms with Gasteiger partial charge in [-0.05, 0) is 39.8 Å². The maximum atomic E-state index is 9.92. The molecule has 90 valence electrons. The molecule has 0 spiro atoms. The van der Waals surface area contributed by atoms with Crippen molar-refractivity contribution in [2.45, 2.75) is 38.9 Å². The molecule has 1 aromatic carbocycles. The molecular formula is C12H19NO3. The molecule has 0 amide bonds. The third-order valence-electron chi connectivity index (χ3n) is 2.85. The average molecular weight is 225 g/mol. The first-order valence-electron chi connectivity index (χ1n) is 5.13. The molecule has 0 fully saturated rings. The second-order valence-electron chi connectivity index (χ2n) is 4.89. The molecule has 0 radical (unpaired) electrons. The van der Waals surface area contributed by atoms with Crippen LogP contribution in [0.25, 0.3) is 0 Å². The Bertz CT molecular complexity index is 380. The molecule has 1 rings (SSSR count). The van der Waals surface area contributed by atoms with Crippen molar-refractivity contribution in [3.8, 4) is 11.5 Å². The van der Waals surface area contributed by atoms with E-state index in [1.54, 1.807) is 33.8 Å². The second kappa shape index (κ2) is 3.87. The van der Waals surface area contributed by atoms with Crippen LogP contribution in [-0.2, 0) is 0 Å². The van der Waals surface area contributed by atoms with Gasteiger partial charge in [-0.25, -0.2) is 0 Å². The first-order chi connectivity index (χ1) is 7.13. The summed E-state index contributed by atoms with van der Waals surface area (Å²) in [4.78, 5) is 0. The van der Waals surface area contributed by atoms with Gasteiger partial charge < -0.3 is 20.7 Å². The van der Waals surface area contributed by atoms with Crippen molar-refractivity contribution >= 4 is 5.69 Å². The van der Waals surface area contributed by atoms with Crippen molar-refractivity contribution in [1.82, 2.24) is 0 Å². The molecule has 16 heavy (non-hydrogen) atoms. The third-order valence-corrected chi connectivity index (χ3v) is 2.85. The fraction of sp³-hybridized carbons (Fsp3) is 0.500. The molecule has 4 N–H and O–H groups in total. The van der Waals surface area contributed by atoms with E-state index in [2.05, 4.69) is 0 Å². The summed E-state index contributed by atoms with van der Waals surface area (Å²) in [5.74, 6) is 0.538. The Kier molecular flexibility index (Phi) is 3.06. The molecule has 0 saturated carbocycles. The maximum absolute atomic E-state index is 9.92. The smallest absolute Gasteiger partial charge is 0.138 e. The Morgan fingerprint density at radius 3 is 2.19 bits per heavy atom. The Balaban J connectivity index is 2.93. The van der Waals surface area contributed by atoms with Crippen LogP contribution in [0.4, 0.5) is 5.69 Å². The summed E-state index contributed by atoms with van der Waals surface area (Å²) < 4.78 is 5.66. The van der Waals surface area contributed by atoms with Crippen LogP contribution in [0.15, 0.2) is 18.2 Å². The maximum Gasteiger partial charge on any atom is 0.138 e. The number of benzene rings is 1. The number of aliphatic hydroxyl groups is 1. The van der Waals surface area contributed by atoms with E-state index in [1.807, 2.05) is 0 Å². The van der Waals surface area contributed by atoms with Gasteiger partial charge in [0.05, 0.1) is 11.3 Å². The van der Waals surface area contributed by atoms with Crippen LogP contribution in [0.2, 0.25) is 0 Å². The number of nitrogens with two attached hydrogens (primary N) is 1. The molecule has 0 unspecified atom stereocenters. The van der Waals surface area contributed by atoms with E-state index in [0.29, 0.717) is 5.75 Å². The summed E-state index contributed by atoms with van der Waals surface area (Å²) in [5.41, 5.74) is 4.07. The number of ether oxygens (including phenoxy) is 1. The van der Waals surface area contributed by atoms with Gasteiger partial charge in [-0.3, -0.25) is 0 Å². The van der Waals surface area contributed by atoms with Crippen LogP contribution in [-0.4, -0.2) is 21.4 Å². The number of rotatable bonds is 3. The molecule has 4 nitrogen and oxygen atoms in total. The van der Waals surface area contributed by atoms with E-state index in [4.69, 9.17) is 10.5 Å². The van der Waals surface area contributed by atoms with Crippen LogP contribution in [0.1, 0.15) is 27.7 Å². The van der Waals surface area contributed by atoms with Crippen molar-refractivity contribution in [2.24, 2.45) is 0 Å². The van der Waals surface area contributed by atoms with Crippen LogP contribution in [0.3, 0.4) is 0 Å². The summed E-state index contributed by atoms with van der Waals surface area (Å²) in [6.07, 6.45) is 0. The van der Waals surface area contributed by atoms with E-state index in [1.165, 1.54) is 12.1 Å². The number of aromatic hydroxyl groups is 1. The van der Waals surface area contributed by atoms with Crippen molar-refractivity contribution < 1.29 is 14.9 Å².